The van der Waals surface area contributed by atoms with Crippen molar-refractivity contribution in [3.05, 3.63) is 29.3 Å². The third-order valence-corrected chi connectivity index (χ3v) is 4.66. The van der Waals surface area contributed by atoms with Crippen LogP contribution in [0.2, 0.25) is 0 Å². The molecule has 0 unspecified atom stereocenters. The Balaban J connectivity index is 2.06. The minimum Gasteiger partial charge on any atom is -0.351 e. The third kappa shape index (κ3) is 9.59. The predicted octanol–water partition coefficient (Wildman–Crippen LogP) is 6.34. The Morgan fingerprint density at radius 3 is 1.96 bits per heavy atom. The summed E-state index contributed by atoms with van der Waals surface area (Å²) in [6, 6.07) is 5.54. The summed E-state index contributed by atoms with van der Waals surface area (Å²) in [5, 5.41) is 2.62. The highest BCUT2D eigenvalue weighted by Crippen LogP contribution is 2.18. The fourth-order valence-electron chi connectivity index (χ4n) is 3.18. The standard InChI is InChI=1S/C21H36N2O/c1-3-4-5-6-7-8-9-10-11-12-13-14-19-15-16-20(17-18(19)2)23-21(22)24/h15-17H,3-14H2,1-2H3,(H3,22,23,24). The van der Waals surface area contributed by atoms with Crippen LogP contribution < -0.4 is 11.1 Å². The van der Waals surface area contributed by atoms with E-state index >= 15 is 0 Å². The summed E-state index contributed by atoms with van der Waals surface area (Å²) in [5.74, 6) is 0. The van der Waals surface area contributed by atoms with Crippen LogP contribution >= 0.6 is 0 Å². The first-order valence-electron chi connectivity index (χ1n) is 9.79. The molecule has 3 heteroatoms. The zero-order valence-corrected chi connectivity index (χ0v) is 15.7. The summed E-state index contributed by atoms with van der Waals surface area (Å²) >= 11 is 0. The number of benzene rings is 1. The normalized spacial score (nSPS) is 10.8. The quantitative estimate of drug-likeness (QED) is 0.407. The summed E-state index contributed by atoms with van der Waals surface area (Å²) in [5.41, 5.74) is 8.53. The monoisotopic (exact) mass is 332 g/mol. The Morgan fingerprint density at radius 2 is 1.46 bits per heavy atom. The van der Waals surface area contributed by atoms with Crippen molar-refractivity contribution in [2.45, 2.75) is 90.9 Å². The van der Waals surface area contributed by atoms with E-state index in [2.05, 4.69) is 25.2 Å². The summed E-state index contributed by atoms with van der Waals surface area (Å²) in [6.07, 6.45) is 16.3. The maximum absolute atomic E-state index is 10.9. The van der Waals surface area contributed by atoms with Gasteiger partial charge in [-0.2, -0.15) is 0 Å². The van der Waals surface area contributed by atoms with Crippen LogP contribution in [-0.2, 0) is 6.42 Å². The molecule has 0 fully saturated rings. The Labute approximate surface area is 148 Å². The van der Waals surface area contributed by atoms with Crippen molar-refractivity contribution < 1.29 is 4.79 Å². The first-order valence-corrected chi connectivity index (χ1v) is 9.79. The lowest BCUT2D eigenvalue weighted by atomic mass is 10.00. The molecule has 0 aromatic heterocycles. The number of carbonyl (C=O) groups is 1. The van der Waals surface area contributed by atoms with E-state index in [1.165, 1.54) is 81.8 Å². The lowest BCUT2D eigenvalue weighted by Gasteiger charge is -2.09. The molecule has 0 saturated carbocycles. The first kappa shape index (κ1) is 20.5. The number of hydrogen-bond acceptors (Lipinski definition) is 1. The van der Waals surface area contributed by atoms with Crippen molar-refractivity contribution in [2.75, 3.05) is 5.32 Å². The summed E-state index contributed by atoms with van der Waals surface area (Å²) in [6.45, 7) is 4.37. The van der Waals surface area contributed by atoms with Crippen molar-refractivity contribution in [1.82, 2.24) is 0 Å². The topological polar surface area (TPSA) is 55.1 Å². The van der Waals surface area contributed by atoms with Gasteiger partial charge in [0.25, 0.3) is 0 Å². The Kier molecular flexibility index (Phi) is 11.0. The van der Waals surface area contributed by atoms with E-state index in [0.717, 1.165) is 12.1 Å². The van der Waals surface area contributed by atoms with E-state index in [1.807, 2.05) is 12.1 Å². The highest BCUT2D eigenvalue weighted by molar-refractivity contribution is 5.87. The van der Waals surface area contributed by atoms with Gasteiger partial charge in [0.2, 0.25) is 0 Å². The van der Waals surface area contributed by atoms with Gasteiger partial charge in [-0.1, -0.05) is 77.2 Å². The number of rotatable bonds is 13. The smallest absolute Gasteiger partial charge is 0.316 e. The first-order chi connectivity index (χ1) is 11.6. The molecule has 3 nitrogen and oxygen atoms in total. The molecule has 0 saturated heterocycles. The van der Waals surface area contributed by atoms with Gasteiger partial charge in [0.15, 0.2) is 0 Å². The number of amides is 2. The van der Waals surface area contributed by atoms with Crippen molar-refractivity contribution in [3.63, 3.8) is 0 Å². The second kappa shape index (κ2) is 12.9. The Hall–Kier alpha value is -1.51. The highest BCUT2D eigenvalue weighted by Gasteiger charge is 2.02. The molecule has 0 spiro atoms. The predicted molar refractivity (Wildman–Crippen MR) is 105 cm³/mol. The molecule has 0 aliphatic heterocycles. The number of nitrogens with one attached hydrogen (secondary N) is 1. The van der Waals surface area contributed by atoms with Crippen LogP contribution in [0.1, 0.15) is 88.7 Å². The van der Waals surface area contributed by atoms with Crippen LogP contribution in [0.15, 0.2) is 18.2 Å². The van der Waals surface area contributed by atoms with Crippen LogP contribution in [0.3, 0.4) is 0 Å². The molecule has 0 aliphatic rings. The maximum atomic E-state index is 10.9. The number of unbranched alkanes of at least 4 members (excludes halogenated alkanes) is 10. The van der Waals surface area contributed by atoms with Crippen LogP contribution in [0.25, 0.3) is 0 Å². The van der Waals surface area contributed by atoms with Gasteiger partial charge in [0, 0.05) is 5.69 Å². The van der Waals surface area contributed by atoms with E-state index in [4.69, 9.17) is 5.73 Å². The van der Waals surface area contributed by atoms with Crippen molar-refractivity contribution in [3.8, 4) is 0 Å². The van der Waals surface area contributed by atoms with Crippen LogP contribution in [0.4, 0.5) is 10.5 Å². The van der Waals surface area contributed by atoms with Gasteiger partial charge in [-0.15, -0.1) is 0 Å². The SMILES string of the molecule is CCCCCCCCCCCCCc1ccc(NC(N)=O)cc1C. The number of primary amides is 1. The molecule has 1 aromatic rings. The molecule has 3 N–H and O–H groups in total. The highest BCUT2D eigenvalue weighted by atomic mass is 16.2. The lowest BCUT2D eigenvalue weighted by Crippen LogP contribution is -2.19. The number of aryl methyl sites for hydroxylation is 2. The van der Waals surface area contributed by atoms with Crippen LogP contribution in [0.5, 0.6) is 0 Å². The summed E-state index contributed by atoms with van der Waals surface area (Å²) in [4.78, 5) is 10.9. The number of carbonyl (C=O) groups excluding carboxylic acids is 1. The van der Waals surface area contributed by atoms with E-state index < -0.39 is 6.03 Å². The third-order valence-electron chi connectivity index (χ3n) is 4.66. The summed E-state index contributed by atoms with van der Waals surface area (Å²) in [7, 11) is 0. The Morgan fingerprint density at radius 1 is 0.917 bits per heavy atom. The number of nitrogens with two attached hydrogens (primary N) is 1. The number of hydrogen-bond donors (Lipinski definition) is 2. The van der Waals surface area contributed by atoms with Gasteiger partial charge >= 0.3 is 6.03 Å². The molecule has 0 heterocycles. The zero-order chi connectivity index (χ0) is 17.6. The molecule has 0 aliphatic carbocycles. The molecule has 1 aromatic carbocycles. The molecule has 24 heavy (non-hydrogen) atoms. The number of urea groups is 1. The number of anilines is 1. The van der Waals surface area contributed by atoms with Gasteiger partial charge in [0.05, 0.1) is 0 Å². The second-order valence-electron chi connectivity index (χ2n) is 6.92. The minimum absolute atomic E-state index is 0.507. The van der Waals surface area contributed by atoms with Gasteiger partial charge in [-0.05, 0) is 43.0 Å². The molecule has 136 valence electrons. The molecule has 0 bridgehead atoms. The average Bonchev–Trinajstić information content (AvgIpc) is 2.54. The van der Waals surface area contributed by atoms with E-state index in [9.17, 15) is 4.79 Å². The Bertz CT molecular complexity index is 471. The fourth-order valence-corrected chi connectivity index (χ4v) is 3.18. The van der Waals surface area contributed by atoms with Crippen molar-refractivity contribution in [2.24, 2.45) is 5.73 Å². The fraction of sp³-hybridized carbons (Fsp3) is 0.667. The molecule has 1 rings (SSSR count). The van der Waals surface area contributed by atoms with E-state index in [1.54, 1.807) is 0 Å². The molecular formula is C21H36N2O. The average molecular weight is 333 g/mol. The zero-order valence-electron chi connectivity index (χ0n) is 15.7. The van der Waals surface area contributed by atoms with E-state index in [0.29, 0.717) is 0 Å². The van der Waals surface area contributed by atoms with Gasteiger partial charge in [-0.25, -0.2) is 4.79 Å². The van der Waals surface area contributed by atoms with Crippen molar-refractivity contribution in [1.29, 1.82) is 0 Å². The van der Waals surface area contributed by atoms with Gasteiger partial charge in [0.1, 0.15) is 0 Å². The second-order valence-corrected chi connectivity index (χ2v) is 6.92. The van der Waals surface area contributed by atoms with Gasteiger partial charge < -0.3 is 11.1 Å². The van der Waals surface area contributed by atoms with Crippen molar-refractivity contribution >= 4 is 11.7 Å². The van der Waals surface area contributed by atoms with E-state index in [-0.39, 0.29) is 0 Å². The maximum Gasteiger partial charge on any atom is 0.316 e. The molecule has 2 amide bonds. The minimum atomic E-state index is -0.507. The molecular weight excluding hydrogens is 296 g/mol. The summed E-state index contributed by atoms with van der Waals surface area (Å²) < 4.78 is 0. The van der Waals surface area contributed by atoms with Gasteiger partial charge in [-0.3, -0.25) is 0 Å². The molecule has 0 atom stereocenters. The lowest BCUT2D eigenvalue weighted by molar-refractivity contribution is 0.259. The molecule has 0 radical (unpaired) electrons. The van der Waals surface area contributed by atoms with Crippen LogP contribution in [-0.4, -0.2) is 6.03 Å². The van der Waals surface area contributed by atoms with Crippen LogP contribution in [0, 0.1) is 6.92 Å². The largest absolute Gasteiger partial charge is 0.351 e.